The highest BCUT2D eigenvalue weighted by Gasteiger charge is 2.41. The van der Waals surface area contributed by atoms with E-state index in [4.69, 9.17) is 0 Å². The zero-order valence-corrected chi connectivity index (χ0v) is 12.0. The highest BCUT2D eigenvalue weighted by molar-refractivity contribution is 5.97. The van der Waals surface area contributed by atoms with Crippen LogP contribution in [0.15, 0.2) is 48.5 Å². The first-order valence-corrected chi connectivity index (χ1v) is 7.10. The molecular weight excluding hydrogens is 307 g/mol. The summed E-state index contributed by atoms with van der Waals surface area (Å²) in [4.78, 5) is 12.2. The van der Waals surface area contributed by atoms with Crippen molar-refractivity contribution in [1.29, 1.82) is 0 Å². The number of carbonyl (C=O) groups is 1. The lowest BCUT2D eigenvalue weighted by atomic mass is 9.76. The number of rotatable bonds is 2. The van der Waals surface area contributed by atoms with E-state index in [1.165, 1.54) is 18.2 Å². The van der Waals surface area contributed by atoms with Crippen LogP contribution in [-0.4, -0.2) is 17.6 Å². The Morgan fingerprint density at radius 3 is 2.26 bits per heavy atom. The van der Waals surface area contributed by atoms with Crippen molar-refractivity contribution in [2.45, 2.75) is 12.1 Å². The summed E-state index contributed by atoms with van der Waals surface area (Å²) in [7, 11) is 0. The minimum absolute atomic E-state index is 0.00125. The standard InChI is InChI=1S/C17H14F3NO2/c18-17(19,20)13-7-3-1-5-10(13)15-11-6-2-4-8-14(11)21-16(23)12(15)9-22/h1-8,12,15,22H,9H2,(H,21,23). The molecule has 0 bridgehead atoms. The van der Waals surface area contributed by atoms with Crippen LogP contribution >= 0.6 is 0 Å². The topological polar surface area (TPSA) is 49.3 Å². The zero-order valence-electron chi connectivity index (χ0n) is 12.0. The molecule has 1 aliphatic rings. The molecule has 6 heteroatoms. The van der Waals surface area contributed by atoms with E-state index in [9.17, 15) is 23.1 Å². The lowest BCUT2D eigenvalue weighted by molar-refractivity contribution is -0.139. The van der Waals surface area contributed by atoms with Crippen LogP contribution in [0.25, 0.3) is 0 Å². The minimum atomic E-state index is -4.53. The van der Waals surface area contributed by atoms with E-state index in [2.05, 4.69) is 5.32 Å². The van der Waals surface area contributed by atoms with Gasteiger partial charge in [-0.15, -0.1) is 0 Å². The van der Waals surface area contributed by atoms with Crippen molar-refractivity contribution in [2.24, 2.45) is 5.92 Å². The van der Waals surface area contributed by atoms with Gasteiger partial charge in [-0.25, -0.2) is 0 Å². The van der Waals surface area contributed by atoms with E-state index >= 15 is 0 Å². The zero-order chi connectivity index (χ0) is 16.6. The Labute approximate surface area is 130 Å². The van der Waals surface area contributed by atoms with Gasteiger partial charge in [-0.2, -0.15) is 13.2 Å². The second-order valence-electron chi connectivity index (χ2n) is 5.43. The summed E-state index contributed by atoms with van der Waals surface area (Å²) in [5.41, 5.74) is 0.265. The number of halogens is 3. The summed E-state index contributed by atoms with van der Waals surface area (Å²) < 4.78 is 40.0. The number of aliphatic hydroxyl groups is 1. The van der Waals surface area contributed by atoms with Gasteiger partial charge in [0.1, 0.15) is 0 Å². The molecule has 0 radical (unpaired) electrons. The molecule has 0 aliphatic carbocycles. The number of benzene rings is 2. The van der Waals surface area contributed by atoms with Gasteiger partial charge in [0.15, 0.2) is 0 Å². The fourth-order valence-electron chi connectivity index (χ4n) is 3.07. The number of aliphatic hydroxyl groups excluding tert-OH is 1. The molecule has 2 unspecified atom stereocenters. The Morgan fingerprint density at radius 1 is 1.00 bits per heavy atom. The molecule has 0 spiro atoms. The molecule has 0 saturated carbocycles. The van der Waals surface area contributed by atoms with Crippen molar-refractivity contribution in [1.82, 2.24) is 0 Å². The van der Waals surface area contributed by atoms with Gasteiger partial charge >= 0.3 is 6.18 Å². The van der Waals surface area contributed by atoms with Crippen LogP contribution < -0.4 is 5.32 Å². The molecule has 0 fully saturated rings. The largest absolute Gasteiger partial charge is 0.416 e. The Hall–Kier alpha value is -2.34. The first kappa shape index (κ1) is 15.6. The monoisotopic (exact) mass is 321 g/mol. The number of nitrogens with one attached hydrogen (secondary N) is 1. The summed E-state index contributed by atoms with van der Waals surface area (Å²) in [6, 6.07) is 11.9. The Morgan fingerprint density at radius 2 is 1.61 bits per heavy atom. The number of para-hydroxylation sites is 1. The van der Waals surface area contributed by atoms with Crippen molar-refractivity contribution in [2.75, 3.05) is 11.9 Å². The maximum Gasteiger partial charge on any atom is 0.416 e. The molecule has 23 heavy (non-hydrogen) atoms. The quantitative estimate of drug-likeness (QED) is 0.891. The molecule has 1 amide bonds. The molecule has 1 aliphatic heterocycles. The van der Waals surface area contributed by atoms with Gasteiger partial charge in [-0.3, -0.25) is 4.79 Å². The van der Waals surface area contributed by atoms with Crippen LogP contribution in [0.1, 0.15) is 22.6 Å². The second-order valence-corrected chi connectivity index (χ2v) is 5.43. The Kier molecular flexibility index (Phi) is 3.85. The van der Waals surface area contributed by atoms with E-state index in [-0.39, 0.29) is 5.56 Å². The summed E-state index contributed by atoms with van der Waals surface area (Å²) in [5, 5.41) is 12.2. The van der Waals surface area contributed by atoms with Crippen molar-refractivity contribution in [3.63, 3.8) is 0 Å². The maximum absolute atomic E-state index is 13.3. The molecule has 3 nitrogen and oxygen atoms in total. The van der Waals surface area contributed by atoms with Crippen LogP contribution in [0, 0.1) is 5.92 Å². The molecule has 120 valence electrons. The number of anilines is 1. The SMILES string of the molecule is O=C1Nc2ccccc2C(c2ccccc2C(F)(F)F)C1CO. The van der Waals surface area contributed by atoms with Crippen molar-refractivity contribution >= 4 is 11.6 Å². The van der Waals surface area contributed by atoms with E-state index in [1.54, 1.807) is 24.3 Å². The minimum Gasteiger partial charge on any atom is -0.396 e. The second kappa shape index (κ2) is 5.70. The molecule has 2 aromatic rings. The summed E-state index contributed by atoms with van der Waals surface area (Å²) in [5.74, 6) is -2.29. The Bertz CT molecular complexity index is 743. The fraction of sp³-hybridized carbons (Fsp3) is 0.235. The predicted octanol–water partition coefficient (Wildman–Crippen LogP) is 3.40. The van der Waals surface area contributed by atoms with E-state index in [0.29, 0.717) is 11.3 Å². The Balaban J connectivity index is 2.23. The first-order valence-electron chi connectivity index (χ1n) is 7.10. The highest BCUT2D eigenvalue weighted by atomic mass is 19.4. The van der Waals surface area contributed by atoms with Gasteiger partial charge < -0.3 is 10.4 Å². The van der Waals surface area contributed by atoms with Crippen molar-refractivity contribution < 1.29 is 23.1 Å². The average molecular weight is 321 g/mol. The molecule has 2 atom stereocenters. The number of hydrogen-bond donors (Lipinski definition) is 2. The third-order valence-electron chi connectivity index (χ3n) is 4.09. The third kappa shape index (κ3) is 2.70. The number of amides is 1. The molecule has 0 saturated heterocycles. The van der Waals surface area contributed by atoms with Crippen LogP contribution in [0.5, 0.6) is 0 Å². The molecule has 3 rings (SSSR count). The van der Waals surface area contributed by atoms with Crippen LogP contribution in [-0.2, 0) is 11.0 Å². The maximum atomic E-state index is 13.3. The van der Waals surface area contributed by atoms with Gasteiger partial charge in [0.2, 0.25) is 5.91 Å². The normalized spacial score (nSPS) is 20.8. The molecule has 0 aromatic heterocycles. The van der Waals surface area contributed by atoms with Crippen molar-refractivity contribution in [3.8, 4) is 0 Å². The molecule has 1 heterocycles. The number of alkyl halides is 3. The number of hydrogen-bond acceptors (Lipinski definition) is 2. The number of fused-ring (bicyclic) bond motifs is 1. The smallest absolute Gasteiger partial charge is 0.396 e. The summed E-state index contributed by atoms with van der Waals surface area (Å²) in [6.07, 6.45) is -4.53. The summed E-state index contributed by atoms with van der Waals surface area (Å²) in [6.45, 7) is -0.531. The van der Waals surface area contributed by atoms with Gasteiger partial charge in [-0.1, -0.05) is 36.4 Å². The molecule has 2 aromatic carbocycles. The van der Waals surface area contributed by atoms with E-state index in [1.807, 2.05) is 0 Å². The lowest BCUT2D eigenvalue weighted by Gasteiger charge is -2.33. The predicted molar refractivity (Wildman–Crippen MR) is 78.9 cm³/mol. The van der Waals surface area contributed by atoms with Gasteiger partial charge in [0, 0.05) is 11.6 Å². The molecule has 2 N–H and O–H groups in total. The fourth-order valence-corrected chi connectivity index (χ4v) is 3.07. The third-order valence-corrected chi connectivity index (χ3v) is 4.09. The van der Waals surface area contributed by atoms with Crippen LogP contribution in [0.4, 0.5) is 18.9 Å². The van der Waals surface area contributed by atoms with E-state index < -0.39 is 36.1 Å². The molecular formula is C17H14F3NO2. The first-order chi connectivity index (χ1) is 10.9. The summed E-state index contributed by atoms with van der Waals surface area (Å²) >= 11 is 0. The van der Waals surface area contributed by atoms with Crippen LogP contribution in [0.3, 0.4) is 0 Å². The lowest BCUT2D eigenvalue weighted by Crippen LogP contribution is -2.37. The number of carbonyl (C=O) groups excluding carboxylic acids is 1. The van der Waals surface area contributed by atoms with Crippen molar-refractivity contribution in [3.05, 3.63) is 65.2 Å². The average Bonchev–Trinajstić information content (AvgIpc) is 2.52. The van der Waals surface area contributed by atoms with Gasteiger partial charge in [0.25, 0.3) is 0 Å². The highest BCUT2D eigenvalue weighted by Crippen LogP contribution is 2.44. The van der Waals surface area contributed by atoms with Gasteiger partial charge in [-0.05, 0) is 23.3 Å². The van der Waals surface area contributed by atoms with Gasteiger partial charge in [0.05, 0.1) is 18.1 Å². The van der Waals surface area contributed by atoms with Crippen LogP contribution in [0.2, 0.25) is 0 Å². The van der Waals surface area contributed by atoms with E-state index in [0.717, 1.165) is 6.07 Å².